The number of carbonyl (C=O) groups is 1. The molecule has 3 rings (SSSR count). The van der Waals surface area contributed by atoms with E-state index in [2.05, 4.69) is 41.6 Å². The maximum absolute atomic E-state index is 12.9. The number of aromatic nitrogens is 2. The van der Waals surface area contributed by atoms with E-state index in [1.165, 1.54) is 11.1 Å². The molecule has 1 aliphatic heterocycles. The van der Waals surface area contributed by atoms with Crippen LogP contribution < -0.4 is 5.32 Å². The molecule has 1 N–H and O–H groups in total. The number of halogens is 2. The van der Waals surface area contributed by atoms with Crippen molar-refractivity contribution in [2.24, 2.45) is 0 Å². The first-order chi connectivity index (χ1) is 12.0. The van der Waals surface area contributed by atoms with Crippen molar-refractivity contribution < 1.29 is 4.79 Å². The molecule has 1 unspecified atom stereocenters. The van der Waals surface area contributed by atoms with Crippen LogP contribution in [0.3, 0.4) is 0 Å². The number of carbonyl (C=O) groups excluding carboxylic acids is 1. The summed E-state index contributed by atoms with van der Waals surface area (Å²) < 4.78 is 1.71. The van der Waals surface area contributed by atoms with Crippen LogP contribution >= 0.6 is 24.0 Å². The number of nitrogens with zero attached hydrogens (tertiary/aromatic N) is 3. The topological polar surface area (TPSA) is 50.2 Å². The fourth-order valence-electron chi connectivity index (χ4n) is 3.32. The Morgan fingerprint density at radius 3 is 2.58 bits per heavy atom. The van der Waals surface area contributed by atoms with E-state index in [1.807, 2.05) is 18.7 Å². The smallest absolute Gasteiger partial charge is 0.244 e. The van der Waals surface area contributed by atoms with Crippen molar-refractivity contribution in [2.75, 3.05) is 19.6 Å². The minimum Gasteiger partial charge on any atom is -0.331 e. The van der Waals surface area contributed by atoms with Gasteiger partial charge in [0, 0.05) is 19.6 Å². The van der Waals surface area contributed by atoms with E-state index in [0.717, 1.165) is 30.9 Å². The number of benzene rings is 1. The summed E-state index contributed by atoms with van der Waals surface area (Å²) in [7, 11) is 0. The standard InChI is InChI=1S/C19H25ClN4O.ClH/c1-4-15-5-7-16(8-6-15)17-11-21-9-10-23(17)18(25)12-24-14(3)19(20)13(2)22-24;/h5-8,17,21H,4,9-12H2,1-3H3;1H. The van der Waals surface area contributed by atoms with Crippen LogP contribution in [0, 0.1) is 13.8 Å². The van der Waals surface area contributed by atoms with E-state index in [-0.39, 0.29) is 30.9 Å². The molecular formula is C19H26Cl2N4O. The predicted octanol–water partition coefficient (Wildman–Crippen LogP) is 3.31. The Morgan fingerprint density at radius 2 is 2.00 bits per heavy atom. The van der Waals surface area contributed by atoms with E-state index >= 15 is 0 Å². The predicted molar refractivity (Wildman–Crippen MR) is 107 cm³/mol. The van der Waals surface area contributed by atoms with E-state index in [9.17, 15) is 4.79 Å². The molecule has 0 bridgehead atoms. The number of rotatable bonds is 4. The van der Waals surface area contributed by atoms with E-state index in [0.29, 0.717) is 11.6 Å². The number of aryl methyl sites for hydroxylation is 2. The van der Waals surface area contributed by atoms with Crippen LogP contribution in [-0.4, -0.2) is 40.2 Å². The van der Waals surface area contributed by atoms with Gasteiger partial charge in [0.05, 0.1) is 22.5 Å². The third-order valence-corrected chi connectivity index (χ3v) is 5.46. The average molecular weight is 397 g/mol. The number of hydrogen-bond donors (Lipinski definition) is 1. The fraction of sp³-hybridized carbons (Fsp3) is 0.474. The summed E-state index contributed by atoms with van der Waals surface area (Å²) in [5.74, 6) is 0.0772. The Hall–Kier alpha value is -1.56. The summed E-state index contributed by atoms with van der Waals surface area (Å²) >= 11 is 6.20. The van der Waals surface area contributed by atoms with Gasteiger partial charge in [0.25, 0.3) is 0 Å². The Labute approximate surface area is 166 Å². The highest BCUT2D eigenvalue weighted by Crippen LogP contribution is 2.24. The van der Waals surface area contributed by atoms with Gasteiger partial charge in [0.1, 0.15) is 6.54 Å². The molecule has 1 fully saturated rings. The second kappa shape index (κ2) is 8.89. The molecule has 0 radical (unpaired) electrons. The highest BCUT2D eigenvalue weighted by Gasteiger charge is 2.28. The Kier molecular flexibility index (Phi) is 7.09. The van der Waals surface area contributed by atoms with Crippen LogP contribution in [0.25, 0.3) is 0 Å². The summed E-state index contributed by atoms with van der Waals surface area (Å²) in [6.07, 6.45) is 1.02. The third-order valence-electron chi connectivity index (χ3n) is 4.91. The second-order valence-electron chi connectivity index (χ2n) is 6.54. The molecule has 1 amide bonds. The highest BCUT2D eigenvalue weighted by atomic mass is 35.5. The van der Waals surface area contributed by atoms with Gasteiger partial charge in [-0.25, -0.2) is 0 Å². The summed E-state index contributed by atoms with van der Waals surface area (Å²) in [4.78, 5) is 14.9. The van der Waals surface area contributed by atoms with Crippen molar-refractivity contribution in [3.63, 3.8) is 0 Å². The van der Waals surface area contributed by atoms with Crippen LogP contribution in [0.4, 0.5) is 0 Å². The molecule has 2 heterocycles. The number of hydrogen-bond acceptors (Lipinski definition) is 3. The molecule has 26 heavy (non-hydrogen) atoms. The van der Waals surface area contributed by atoms with Gasteiger partial charge in [0.2, 0.25) is 5.91 Å². The lowest BCUT2D eigenvalue weighted by atomic mass is 10.0. The number of amides is 1. The summed E-state index contributed by atoms with van der Waals surface area (Å²) in [6, 6.07) is 8.62. The van der Waals surface area contributed by atoms with Gasteiger partial charge >= 0.3 is 0 Å². The quantitative estimate of drug-likeness (QED) is 0.861. The van der Waals surface area contributed by atoms with Crippen LogP contribution in [0.5, 0.6) is 0 Å². The highest BCUT2D eigenvalue weighted by molar-refractivity contribution is 6.31. The fourth-order valence-corrected chi connectivity index (χ4v) is 3.46. The lowest BCUT2D eigenvalue weighted by Crippen LogP contribution is -2.49. The maximum Gasteiger partial charge on any atom is 0.244 e. The molecule has 7 heteroatoms. The largest absolute Gasteiger partial charge is 0.331 e. The van der Waals surface area contributed by atoms with Crippen LogP contribution in [-0.2, 0) is 17.8 Å². The van der Waals surface area contributed by atoms with Crippen molar-refractivity contribution >= 4 is 29.9 Å². The molecule has 1 saturated heterocycles. The molecule has 1 atom stereocenters. The first-order valence-electron chi connectivity index (χ1n) is 8.79. The van der Waals surface area contributed by atoms with Gasteiger partial charge in [-0.15, -0.1) is 12.4 Å². The normalized spacial score (nSPS) is 17.1. The van der Waals surface area contributed by atoms with Gasteiger partial charge in [-0.2, -0.15) is 5.10 Å². The molecule has 2 aromatic rings. The monoisotopic (exact) mass is 396 g/mol. The maximum atomic E-state index is 12.9. The summed E-state index contributed by atoms with van der Waals surface area (Å²) in [5, 5.41) is 8.42. The van der Waals surface area contributed by atoms with Crippen LogP contribution in [0.2, 0.25) is 5.02 Å². The van der Waals surface area contributed by atoms with Gasteiger partial charge in [0.15, 0.2) is 0 Å². The number of nitrogens with one attached hydrogen (secondary N) is 1. The lowest BCUT2D eigenvalue weighted by Gasteiger charge is -2.36. The SMILES string of the molecule is CCc1ccc(C2CNCCN2C(=O)Cn2nc(C)c(Cl)c2C)cc1.Cl. The molecule has 1 aromatic heterocycles. The van der Waals surface area contributed by atoms with Gasteiger partial charge in [-0.1, -0.05) is 42.8 Å². The first-order valence-corrected chi connectivity index (χ1v) is 9.17. The minimum atomic E-state index is 0. The summed E-state index contributed by atoms with van der Waals surface area (Å²) in [6.45, 7) is 8.41. The zero-order valence-electron chi connectivity index (χ0n) is 15.5. The van der Waals surface area contributed by atoms with Crippen molar-refractivity contribution in [3.8, 4) is 0 Å². The van der Waals surface area contributed by atoms with Crippen LogP contribution in [0.15, 0.2) is 24.3 Å². The third kappa shape index (κ3) is 4.22. The molecule has 5 nitrogen and oxygen atoms in total. The van der Waals surface area contributed by atoms with Crippen molar-refractivity contribution in [1.82, 2.24) is 20.0 Å². The molecule has 0 aliphatic carbocycles. The van der Waals surface area contributed by atoms with Crippen molar-refractivity contribution in [3.05, 3.63) is 51.8 Å². The van der Waals surface area contributed by atoms with E-state index in [1.54, 1.807) is 4.68 Å². The Bertz CT molecular complexity index is 758. The van der Waals surface area contributed by atoms with Gasteiger partial charge < -0.3 is 10.2 Å². The Morgan fingerprint density at radius 1 is 1.31 bits per heavy atom. The van der Waals surface area contributed by atoms with E-state index < -0.39 is 0 Å². The lowest BCUT2D eigenvalue weighted by molar-refractivity contribution is -0.135. The van der Waals surface area contributed by atoms with Crippen LogP contribution in [0.1, 0.15) is 35.5 Å². The van der Waals surface area contributed by atoms with E-state index in [4.69, 9.17) is 11.6 Å². The molecule has 1 aliphatic rings. The average Bonchev–Trinajstić information content (AvgIpc) is 2.88. The molecule has 1 aromatic carbocycles. The summed E-state index contributed by atoms with van der Waals surface area (Å²) in [5.41, 5.74) is 4.08. The molecule has 0 saturated carbocycles. The second-order valence-corrected chi connectivity index (χ2v) is 6.92. The minimum absolute atomic E-state index is 0. The zero-order valence-corrected chi connectivity index (χ0v) is 17.0. The number of piperazine rings is 1. The van der Waals surface area contributed by atoms with Gasteiger partial charge in [-0.3, -0.25) is 9.48 Å². The molecule has 0 spiro atoms. The molecule has 142 valence electrons. The molecular weight excluding hydrogens is 371 g/mol. The zero-order chi connectivity index (χ0) is 18.0. The van der Waals surface area contributed by atoms with Gasteiger partial charge in [-0.05, 0) is 31.4 Å². The Balaban J connectivity index is 0.00000243. The first kappa shape index (κ1) is 20.7. The van der Waals surface area contributed by atoms with Crippen molar-refractivity contribution in [1.29, 1.82) is 0 Å². The van der Waals surface area contributed by atoms with Crippen molar-refractivity contribution in [2.45, 2.75) is 39.8 Å².